The van der Waals surface area contributed by atoms with Crippen molar-refractivity contribution in [3.05, 3.63) is 64.3 Å². The second-order valence-corrected chi connectivity index (χ2v) is 9.79. The third kappa shape index (κ3) is 4.78. The van der Waals surface area contributed by atoms with Crippen molar-refractivity contribution < 1.29 is 19.4 Å². The molecule has 33 heavy (non-hydrogen) atoms. The highest BCUT2D eigenvalue weighted by atomic mass is 35.5. The van der Waals surface area contributed by atoms with Gasteiger partial charge in [0, 0.05) is 28.2 Å². The Morgan fingerprint density at radius 3 is 2.70 bits per heavy atom. The van der Waals surface area contributed by atoms with E-state index in [1.54, 1.807) is 50.8 Å². The van der Waals surface area contributed by atoms with Gasteiger partial charge in [0.1, 0.15) is 17.4 Å². The number of rotatable bonds is 3. The first kappa shape index (κ1) is 23.0. The van der Waals surface area contributed by atoms with Crippen LogP contribution in [0.3, 0.4) is 0 Å². The Morgan fingerprint density at radius 2 is 2.00 bits per heavy atom. The molecule has 0 fully saturated rings. The van der Waals surface area contributed by atoms with Crippen LogP contribution in [0.1, 0.15) is 50.6 Å². The molecule has 7 nitrogen and oxygen atoms in total. The summed E-state index contributed by atoms with van der Waals surface area (Å²) in [7, 11) is 0. The van der Waals surface area contributed by atoms with Crippen molar-refractivity contribution in [3.63, 3.8) is 0 Å². The number of alkyl carbamates (subject to hydrolysis) is 1. The Labute approximate surface area is 197 Å². The lowest BCUT2D eigenvalue weighted by atomic mass is 9.91. The first-order valence-corrected chi connectivity index (χ1v) is 11.3. The van der Waals surface area contributed by atoms with Crippen LogP contribution in [0.15, 0.2) is 42.5 Å². The quantitative estimate of drug-likeness (QED) is 0.507. The average Bonchev–Trinajstić information content (AvgIpc) is 3.08. The number of hydrogen-bond donors (Lipinski definition) is 3. The van der Waals surface area contributed by atoms with E-state index in [1.807, 2.05) is 24.3 Å². The summed E-state index contributed by atoms with van der Waals surface area (Å²) in [6.07, 6.45) is -0.00852. The number of fused-ring (bicyclic) bond motifs is 3. The van der Waals surface area contributed by atoms with E-state index in [2.05, 4.69) is 10.3 Å². The monoisotopic (exact) mass is 469 g/mol. The Hall–Kier alpha value is -3.19. The van der Waals surface area contributed by atoms with Gasteiger partial charge in [-0.2, -0.15) is 0 Å². The number of phenolic OH excluding ortho intramolecular Hbond substituents is 1. The molecule has 4 rings (SSSR count). The second kappa shape index (κ2) is 8.63. The SMILES string of the molecule is CC(NC(=O)OC(C)(C)C)C(=O)N1CCc2c([nH]c3ccc(Cl)cc23)C1c1cccc(O)c1. The molecule has 0 bridgehead atoms. The van der Waals surface area contributed by atoms with E-state index in [4.69, 9.17) is 16.3 Å². The van der Waals surface area contributed by atoms with Gasteiger partial charge in [-0.3, -0.25) is 4.79 Å². The van der Waals surface area contributed by atoms with E-state index in [0.29, 0.717) is 18.0 Å². The number of aromatic hydroxyl groups is 1. The fraction of sp³-hybridized carbons (Fsp3) is 0.360. The first-order chi connectivity index (χ1) is 15.5. The number of nitrogens with one attached hydrogen (secondary N) is 2. The van der Waals surface area contributed by atoms with Crippen LogP contribution in [0.2, 0.25) is 5.02 Å². The zero-order chi connectivity index (χ0) is 23.9. The van der Waals surface area contributed by atoms with Crippen LogP contribution < -0.4 is 5.32 Å². The van der Waals surface area contributed by atoms with Gasteiger partial charge in [-0.15, -0.1) is 0 Å². The fourth-order valence-corrected chi connectivity index (χ4v) is 4.51. The Kier molecular flexibility index (Phi) is 6.01. The number of ether oxygens (including phenoxy) is 1. The number of aromatic nitrogens is 1. The number of aromatic amines is 1. The summed E-state index contributed by atoms with van der Waals surface area (Å²) < 4.78 is 5.31. The van der Waals surface area contributed by atoms with Crippen LogP contribution >= 0.6 is 11.6 Å². The maximum Gasteiger partial charge on any atom is 0.408 e. The molecular weight excluding hydrogens is 442 g/mol. The van der Waals surface area contributed by atoms with Gasteiger partial charge in [0.15, 0.2) is 0 Å². The molecule has 2 heterocycles. The number of amides is 2. The van der Waals surface area contributed by atoms with E-state index in [1.165, 1.54) is 0 Å². The highest BCUT2D eigenvalue weighted by Crippen LogP contribution is 2.40. The number of halogens is 1. The summed E-state index contributed by atoms with van der Waals surface area (Å²) in [6, 6.07) is 11.3. The molecule has 0 saturated carbocycles. The number of carbonyl (C=O) groups is 2. The summed E-state index contributed by atoms with van der Waals surface area (Å²) in [6.45, 7) is 7.40. The van der Waals surface area contributed by atoms with Gasteiger partial charge in [0.05, 0.1) is 6.04 Å². The zero-order valence-electron chi connectivity index (χ0n) is 19.1. The van der Waals surface area contributed by atoms with E-state index in [9.17, 15) is 14.7 Å². The van der Waals surface area contributed by atoms with Crippen molar-refractivity contribution in [1.82, 2.24) is 15.2 Å². The van der Waals surface area contributed by atoms with E-state index < -0.39 is 23.8 Å². The van der Waals surface area contributed by atoms with Crippen molar-refractivity contribution in [2.45, 2.75) is 51.8 Å². The molecule has 0 spiro atoms. The van der Waals surface area contributed by atoms with Gasteiger partial charge in [-0.25, -0.2) is 4.79 Å². The van der Waals surface area contributed by atoms with E-state index in [-0.39, 0.29) is 11.7 Å². The molecule has 8 heteroatoms. The van der Waals surface area contributed by atoms with Crippen molar-refractivity contribution in [2.75, 3.05) is 6.54 Å². The van der Waals surface area contributed by atoms with Gasteiger partial charge in [0.25, 0.3) is 0 Å². The minimum atomic E-state index is -0.792. The maximum atomic E-state index is 13.5. The molecule has 1 aliphatic rings. The lowest BCUT2D eigenvalue weighted by Crippen LogP contribution is -2.51. The van der Waals surface area contributed by atoms with Gasteiger partial charge in [0.2, 0.25) is 5.91 Å². The van der Waals surface area contributed by atoms with Crippen LogP contribution in [0, 0.1) is 0 Å². The number of H-pyrrole nitrogens is 1. The molecule has 1 aromatic heterocycles. The first-order valence-electron chi connectivity index (χ1n) is 10.9. The van der Waals surface area contributed by atoms with Crippen molar-refractivity contribution >= 4 is 34.5 Å². The average molecular weight is 470 g/mol. The molecule has 2 amide bonds. The molecule has 0 saturated heterocycles. The van der Waals surface area contributed by atoms with Crippen LogP contribution in [0.5, 0.6) is 5.75 Å². The molecule has 2 aromatic carbocycles. The Balaban J connectivity index is 1.71. The maximum absolute atomic E-state index is 13.5. The largest absolute Gasteiger partial charge is 0.508 e. The minimum absolute atomic E-state index is 0.117. The predicted octanol–water partition coefficient (Wildman–Crippen LogP) is 4.91. The highest BCUT2D eigenvalue weighted by molar-refractivity contribution is 6.31. The zero-order valence-corrected chi connectivity index (χ0v) is 19.9. The third-order valence-corrected chi connectivity index (χ3v) is 5.90. The van der Waals surface area contributed by atoms with Crippen LogP contribution in [-0.2, 0) is 16.0 Å². The number of carbonyl (C=O) groups excluding carboxylic acids is 2. The topological polar surface area (TPSA) is 94.7 Å². The van der Waals surface area contributed by atoms with Crippen LogP contribution in [-0.4, -0.2) is 45.2 Å². The number of phenols is 1. The molecule has 0 radical (unpaired) electrons. The summed E-state index contributed by atoms with van der Waals surface area (Å²) >= 11 is 6.24. The molecule has 2 unspecified atom stereocenters. The molecule has 3 N–H and O–H groups in total. The fourth-order valence-electron chi connectivity index (χ4n) is 4.33. The molecule has 2 atom stereocenters. The lowest BCUT2D eigenvalue weighted by Gasteiger charge is -2.38. The highest BCUT2D eigenvalue weighted by Gasteiger charge is 2.37. The molecule has 3 aromatic rings. The summed E-state index contributed by atoms with van der Waals surface area (Å²) in [5, 5.41) is 14.4. The summed E-state index contributed by atoms with van der Waals surface area (Å²) in [5.74, 6) is -0.123. The summed E-state index contributed by atoms with van der Waals surface area (Å²) in [5.41, 5.74) is 3.01. The van der Waals surface area contributed by atoms with Crippen molar-refractivity contribution in [1.29, 1.82) is 0 Å². The molecule has 174 valence electrons. The number of benzene rings is 2. The minimum Gasteiger partial charge on any atom is -0.508 e. The number of hydrogen-bond acceptors (Lipinski definition) is 4. The predicted molar refractivity (Wildman–Crippen MR) is 128 cm³/mol. The van der Waals surface area contributed by atoms with Crippen molar-refractivity contribution in [2.24, 2.45) is 0 Å². The molecule has 0 aliphatic carbocycles. The second-order valence-electron chi connectivity index (χ2n) is 9.35. The van der Waals surface area contributed by atoms with E-state index in [0.717, 1.165) is 27.7 Å². The van der Waals surface area contributed by atoms with Gasteiger partial charge in [-0.05, 0) is 75.6 Å². The van der Waals surface area contributed by atoms with Gasteiger partial charge >= 0.3 is 6.09 Å². The molecule has 1 aliphatic heterocycles. The Bertz CT molecular complexity index is 1210. The van der Waals surface area contributed by atoms with Crippen LogP contribution in [0.4, 0.5) is 4.79 Å². The smallest absolute Gasteiger partial charge is 0.408 e. The lowest BCUT2D eigenvalue weighted by molar-refractivity contribution is -0.135. The molecular formula is C25H28ClN3O4. The van der Waals surface area contributed by atoms with Gasteiger partial charge in [-0.1, -0.05) is 23.7 Å². The third-order valence-electron chi connectivity index (χ3n) is 5.66. The summed E-state index contributed by atoms with van der Waals surface area (Å²) in [4.78, 5) is 30.9. The number of nitrogens with zero attached hydrogens (tertiary/aromatic N) is 1. The standard InChI is InChI=1S/C25H28ClN3O4/c1-14(27-24(32)33-25(2,3)4)23(31)29-11-10-18-19-13-16(26)8-9-20(19)28-21(18)22(29)15-6-5-7-17(30)12-15/h5-9,12-14,22,28,30H,10-11H2,1-4H3,(H,27,32). The van der Waals surface area contributed by atoms with Crippen molar-refractivity contribution in [3.8, 4) is 5.75 Å². The van der Waals surface area contributed by atoms with E-state index >= 15 is 0 Å². The van der Waals surface area contributed by atoms with Crippen LogP contribution in [0.25, 0.3) is 10.9 Å². The normalized spacial score (nSPS) is 16.9. The van der Waals surface area contributed by atoms with Gasteiger partial charge < -0.3 is 25.0 Å². The Morgan fingerprint density at radius 1 is 1.24 bits per heavy atom.